The number of benzene rings is 3. The Balaban J connectivity index is 1.11. The molecule has 214 valence electrons. The van der Waals surface area contributed by atoms with Crippen LogP contribution in [0.5, 0.6) is 23.0 Å². The first kappa shape index (κ1) is 27.3. The minimum absolute atomic E-state index is 0.142. The van der Waals surface area contributed by atoms with Crippen molar-refractivity contribution in [3.8, 4) is 23.0 Å². The molecule has 0 bridgehead atoms. The van der Waals surface area contributed by atoms with E-state index in [0.29, 0.717) is 58.1 Å². The number of aromatic nitrogens is 1. The summed E-state index contributed by atoms with van der Waals surface area (Å²) in [4.78, 5) is 31.6. The van der Waals surface area contributed by atoms with Gasteiger partial charge in [0.25, 0.3) is 11.6 Å². The van der Waals surface area contributed by atoms with Crippen LogP contribution >= 0.6 is 0 Å². The van der Waals surface area contributed by atoms with Crippen LogP contribution in [0.3, 0.4) is 0 Å². The Morgan fingerprint density at radius 3 is 2.45 bits per heavy atom. The third-order valence-corrected chi connectivity index (χ3v) is 8.02. The lowest BCUT2D eigenvalue weighted by Crippen LogP contribution is -2.11. The van der Waals surface area contributed by atoms with E-state index in [9.17, 15) is 19.3 Å². The first-order chi connectivity index (χ1) is 20.4. The van der Waals surface area contributed by atoms with E-state index < -0.39 is 10.7 Å². The van der Waals surface area contributed by atoms with Crippen LogP contribution in [-0.2, 0) is 0 Å². The van der Waals surface area contributed by atoms with Gasteiger partial charge < -0.3 is 14.2 Å². The molecule has 4 aromatic rings. The summed E-state index contributed by atoms with van der Waals surface area (Å²) in [5.74, 6) is 1.57. The largest absolute Gasteiger partial charge is 0.493 e. The fourth-order valence-corrected chi connectivity index (χ4v) is 6.04. The van der Waals surface area contributed by atoms with Crippen LogP contribution in [-0.4, -0.2) is 35.2 Å². The molecule has 1 aromatic heterocycles. The lowest BCUT2D eigenvalue weighted by Gasteiger charge is -2.17. The molecule has 0 spiro atoms. The topological polar surface area (TPSA) is 113 Å². The monoisotopic (exact) mass is 569 g/mol. The minimum atomic E-state index is -0.844. The van der Waals surface area contributed by atoms with Crippen molar-refractivity contribution in [3.63, 3.8) is 0 Å². The van der Waals surface area contributed by atoms with E-state index >= 15 is 0 Å². The number of nitrogens with zero attached hydrogens (tertiary/aromatic N) is 3. The number of carbonyl (C=O) groups is 1. The van der Waals surface area contributed by atoms with E-state index in [2.05, 4.69) is 9.98 Å². The van der Waals surface area contributed by atoms with Gasteiger partial charge in [-0.05, 0) is 73.8 Å². The number of hydrogen-bond acceptors (Lipinski definition) is 7. The van der Waals surface area contributed by atoms with E-state index in [1.54, 1.807) is 37.4 Å². The minimum Gasteiger partial charge on any atom is -0.493 e. The number of rotatable bonds is 8. The quantitative estimate of drug-likeness (QED) is 0.163. The zero-order chi connectivity index (χ0) is 29.2. The Labute approximate surface area is 241 Å². The molecule has 0 radical (unpaired) electrons. The highest BCUT2D eigenvalue weighted by molar-refractivity contribution is 6.04. The molecule has 2 fully saturated rings. The number of pyridine rings is 1. The molecule has 2 aliphatic carbocycles. The molecule has 3 aromatic carbocycles. The zero-order valence-corrected chi connectivity index (χ0v) is 22.9. The van der Waals surface area contributed by atoms with Gasteiger partial charge in [-0.15, -0.1) is 0 Å². The van der Waals surface area contributed by atoms with Crippen molar-refractivity contribution in [1.82, 2.24) is 4.98 Å². The molecule has 1 amide bonds. The van der Waals surface area contributed by atoms with E-state index in [1.807, 2.05) is 18.2 Å². The predicted octanol–water partition coefficient (Wildman–Crippen LogP) is 7.18. The van der Waals surface area contributed by atoms with Gasteiger partial charge in [-0.3, -0.25) is 19.9 Å². The van der Waals surface area contributed by atoms with Gasteiger partial charge in [0.15, 0.2) is 23.1 Å². The Morgan fingerprint density at radius 1 is 1.00 bits per heavy atom. The van der Waals surface area contributed by atoms with Crippen molar-refractivity contribution in [3.05, 3.63) is 94.4 Å². The van der Waals surface area contributed by atoms with E-state index in [0.717, 1.165) is 37.5 Å². The number of fused-ring (bicyclic) bond motifs is 2. The average molecular weight is 570 g/mol. The molecule has 2 atom stereocenters. The smallest absolute Gasteiger partial charge is 0.276 e. The summed E-state index contributed by atoms with van der Waals surface area (Å²) in [6.45, 7) is 0.522. The van der Waals surface area contributed by atoms with Crippen LogP contribution in [0.4, 0.5) is 10.1 Å². The van der Waals surface area contributed by atoms with Gasteiger partial charge >= 0.3 is 0 Å². The number of hydrogen-bond donors (Lipinski definition) is 0. The second-order valence-electron chi connectivity index (χ2n) is 10.7. The Bertz CT molecular complexity index is 1680. The number of nitro groups is 1. The van der Waals surface area contributed by atoms with Gasteiger partial charge in [-0.1, -0.05) is 18.2 Å². The highest BCUT2D eigenvalue weighted by Gasteiger charge is 2.40. The summed E-state index contributed by atoms with van der Waals surface area (Å²) in [6, 6.07) is 17.5. The van der Waals surface area contributed by atoms with E-state index in [4.69, 9.17) is 14.2 Å². The molecule has 42 heavy (non-hydrogen) atoms. The molecule has 10 heteroatoms. The van der Waals surface area contributed by atoms with Crippen LogP contribution in [0.15, 0.2) is 77.9 Å². The number of non-ortho nitro benzene ring substituents is 1. The zero-order valence-electron chi connectivity index (χ0n) is 22.9. The molecule has 2 unspecified atom stereocenters. The third-order valence-electron chi connectivity index (χ3n) is 8.02. The number of methoxy groups -OCH3 is 1. The summed E-state index contributed by atoms with van der Waals surface area (Å²) >= 11 is 0. The number of amides is 1. The molecule has 0 aliphatic heterocycles. The standard InChI is InChI=1S/C32H28FN3O6/c1-40-30-16-25-27(34-10-9-28(25)42-29-8-7-24(36(38)39)15-26(29)33)17-31(30)41-18-19-11-21-13-23(14-22(21)12-19)35-32(37)20-5-3-2-4-6-20/h2-10,15-17,19,21-22H,11-14,18H2,1H3. The van der Waals surface area contributed by atoms with Crippen LogP contribution in [0.25, 0.3) is 10.9 Å². The van der Waals surface area contributed by atoms with Gasteiger partial charge in [0.1, 0.15) is 5.75 Å². The third kappa shape index (κ3) is 5.65. The second-order valence-corrected chi connectivity index (χ2v) is 10.7. The molecule has 2 aliphatic rings. The lowest BCUT2D eigenvalue weighted by molar-refractivity contribution is -0.385. The Morgan fingerprint density at radius 2 is 1.76 bits per heavy atom. The maximum atomic E-state index is 14.5. The molecular formula is C32H28FN3O6. The molecule has 0 saturated heterocycles. The summed E-state index contributed by atoms with van der Waals surface area (Å²) in [7, 11) is 1.54. The van der Waals surface area contributed by atoms with Gasteiger partial charge in [0, 0.05) is 35.0 Å². The summed E-state index contributed by atoms with van der Waals surface area (Å²) in [5.41, 5.74) is 1.81. The number of carbonyl (C=O) groups excluding carboxylic acids is 1. The molecule has 1 heterocycles. The average Bonchev–Trinajstić information content (AvgIpc) is 3.55. The van der Waals surface area contributed by atoms with Crippen molar-refractivity contribution >= 4 is 28.2 Å². The number of nitro benzene ring substituents is 1. The first-order valence-electron chi connectivity index (χ1n) is 13.7. The summed E-state index contributed by atoms with van der Waals surface area (Å²) < 4.78 is 32.1. The van der Waals surface area contributed by atoms with Crippen molar-refractivity contribution in [2.24, 2.45) is 22.7 Å². The number of ether oxygens (including phenoxy) is 3. The van der Waals surface area contributed by atoms with Gasteiger partial charge in [0.05, 0.1) is 30.2 Å². The fourth-order valence-electron chi connectivity index (χ4n) is 6.04. The fraction of sp³-hybridized carbons (Fsp3) is 0.281. The van der Waals surface area contributed by atoms with E-state index in [1.165, 1.54) is 18.3 Å². The molecule has 0 N–H and O–H groups in total. The van der Waals surface area contributed by atoms with Gasteiger partial charge in [0.2, 0.25) is 0 Å². The Hall–Kier alpha value is -4.86. The van der Waals surface area contributed by atoms with Crippen molar-refractivity contribution in [1.29, 1.82) is 0 Å². The number of aliphatic imine (C=N–C) groups is 1. The van der Waals surface area contributed by atoms with Crippen LogP contribution in [0, 0.1) is 33.7 Å². The van der Waals surface area contributed by atoms with Gasteiger partial charge in [-0.2, -0.15) is 0 Å². The summed E-state index contributed by atoms with van der Waals surface area (Å²) in [6.07, 6.45) is 5.26. The van der Waals surface area contributed by atoms with E-state index in [-0.39, 0.29) is 17.3 Å². The van der Waals surface area contributed by atoms with Crippen molar-refractivity contribution < 1.29 is 28.3 Å². The highest BCUT2D eigenvalue weighted by Crippen LogP contribution is 2.46. The first-order valence-corrected chi connectivity index (χ1v) is 13.7. The van der Waals surface area contributed by atoms with Gasteiger partial charge in [-0.25, -0.2) is 9.38 Å². The summed E-state index contributed by atoms with van der Waals surface area (Å²) in [5, 5.41) is 11.5. The van der Waals surface area contributed by atoms with Crippen molar-refractivity contribution in [2.45, 2.75) is 25.7 Å². The maximum absolute atomic E-state index is 14.5. The second kappa shape index (κ2) is 11.6. The highest BCUT2D eigenvalue weighted by atomic mass is 19.1. The van der Waals surface area contributed by atoms with Crippen molar-refractivity contribution in [2.75, 3.05) is 13.7 Å². The maximum Gasteiger partial charge on any atom is 0.276 e. The molecule has 9 nitrogen and oxygen atoms in total. The Kier molecular flexibility index (Phi) is 7.52. The molecule has 6 rings (SSSR count). The van der Waals surface area contributed by atoms with Crippen LogP contribution in [0.1, 0.15) is 36.0 Å². The van der Waals surface area contributed by atoms with Crippen LogP contribution in [0.2, 0.25) is 0 Å². The number of halogens is 1. The molecular weight excluding hydrogens is 541 g/mol. The normalized spacial score (nSPS) is 19.4. The lowest BCUT2D eigenvalue weighted by atomic mass is 10.0. The predicted molar refractivity (Wildman–Crippen MR) is 154 cm³/mol. The van der Waals surface area contributed by atoms with Crippen LogP contribution < -0.4 is 14.2 Å². The SMILES string of the molecule is COc1cc2c(Oc3ccc([N+](=O)[O-])cc3F)ccnc2cc1OCC1CC2CC(=NC(=O)c3ccccc3)CC2C1. The molecule has 2 saturated carbocycles.